The first-order chi connectivity index (χ1) is 10.4. The summed E-state index contributed by atoms with van der Waals surface area (Å²) in [7, 11) is 1.22. The van der Waals surface area contributed by atoms with E-state index < -0.39 is 44.9 Å². The summed E-state index contributed by atoms with van der Waals surface area (Å²) in [5.74, 6) is -3.21. The van der Waals surface area contributed by atoms with Crippen molar-refractivity contribution < 1.29 is 24.5 Å². The minimum atomic E-state index is -0.781. The number of rotatable bonds is 3. The van der Waals surface area contributed by atoms with E-state index in [2.05, 4.69) is 10.0 Å². The Labute approximate surface area is 129 Å². The van der Waals surface area contributed by atoms with Crippen LogP contribution >= 0.6 is 11.6 Å². The van der Waals surface area contributed by atoms with Crippen LogP contribution in [0, 0.1) is 0 Å². The van der Waals surface area contributed by atoms with E-state index in [1.54, 1.807) is 6.92 Å². The van der Waals surface area contributed by atoms with E-state index in [0.717, 1.165) is 0 Å². The molecule has 1 aliphatic carbocycles. The second kappa shape index (κ2) is 5.59. The van der Waals surface area contributed by atoms with Crippen molar-refractivity contribution in [2.75, 3.05) is 7.11 Å². The molecule has 0 atom stereocenters. The Morgan fingerprint density at radius 3 is 2.32 bits per heavy atom. The topological polar surface area (TPSA) is 133 Å². The number of halogens is 1. The first-order valence-electron chi connectivity index (χ1n) is 6.09. The van der Waals surface area contributed by atoms with Gasteiger partial charge in [-0.15, -0.1) is 0 Å². The molecule has 0 bridgehead atoms. The van der Waals surface area contributed by atoms with Gasteiger partial charge in [-0.3, -0.25) is 9.59 Å². The fourth-order valence-corrected chi connectivity index (χ4v) is 2.52. The maximum Gasteiger partial charge on any atom is 0.232 e. The minimum Gasteiger partial charge on any atom is -0.507 e. The average Bonchev–Trinajstić information content (AvgIpc) is 2.50. The van der Waals surface area contributed by atoms with Gasteiger partial charge >= 0.3 is 0 Å². The normalized spacial score (nSPS) is 13.8. The summed E-state index contributed by atoms with van der Waals surface area (Å²) in [6, 6.07) is 0. The number of carbonyl (C=O) groups excluding carboxylic acids is 2. The number of ether oxygens (including phenoxy) is 1. The van der Waals surface area contributed by atoms with E-state index in [1.165, 1.54) is 7.11 Å². The predicted molar refractivity (Wildman–Crippen MR) is 76.6 cm³/mol. The molecule has 0 radical (unpaired) electrons. The zero-order chi connectivity index (χ0) is 16.6. The third-order valence-electron chi connectivity index (χ3n) is 3.27. The molecular weight excluding hydrogens is 314 g/mol. The van der Waals surface area contributed by atoms with Crippen molar-refractivity contribution >= 4 is 28.9 Å². The van der Waals surface area contributed by atoms with E-state index in [9.17, 15) is 19.8 Å². The quantitative estimate of drug-likeness (QED) is 0.380. The van der Waals surface area contributed by atoms with Crippen molar-refractivity contribution in [1.29, 1.82) is 0 Å². The highest BCUT2D eigenvalue weighted by Crippen LogP contribution is 2.49. The van der Waals surface area contributed by atoms with Gasteiger partial charge in [-0.05, 0) is 12.0 Å². The Morgan fingerprint density at radius 2 is 1.82 bits per heavy atom. The van der Waals surface area contributed by atoms with E-state index in [-0.39, 0.29) is 17.8 Å². The Bertz CT molecular complexity index is 794. The van der Waals surface area contributed by atoms with Crippen molar-refractivity contribution in [3.8, 4) is 11.5 Å². The van der Waals surface area contributed by atoms with Gasteiger partial charge in [0.05, 0.1) is 23.3 Å². The number of nitrogens with zero attached hydrogens (tertiary/aromatic N) is 3. The highest BCUT2D eigenvalue weighted by atomic mass is 35.5. The zero-order valence-corrected chi connectivity index (χ0v) is 12.3. The lowest BCUT2D eigenvalue weighted by Crippen LogP contribution is -2.23. The SMILES string of the molecule is CCC1=C(OC)C(=O)c2c(O)c(Cl)c(N=[N+]=[N-])c(O)c2C1=O. The fraction of sp³-hybridized carbons (Fsp3) is 0.231. The van der Waals surface area contributed by atoms with Gasteiger partial charge in [0.2, 0.25) is 5.78 Å². The third kappa shape index (κ3) is 1.97. The van der Waals surface area contributed by atoms with Crippen molar-refractivity contribution in [1.82, 2.24) is 0 Å². The molecule has 1 aromatic rings. The number of methoxy groups -OCH3 is 1. The van der Waals surface area contributed by atoms with Gasteiger partial charge < -0.3 is 14.9 Å². The van der Waals surface area contributed by atoms with E-state index in [1.807, 2.05) is 0 Å². The number of ketones is 2. The number of hydrogen-bond donors (Lipinski definition) is 2. The van der Waals surface area contributed by atoms with Gasteiger partial charge in [0.15, 0.2) is 11.5 Å². The molecule has 0 unspecified atom stereocenters. The zero-order valence-electron chi connectivity index (χ0n) is 11.5. The maximum absolute atomic E-state index is 12.5. The molecule has 114 valence electrons. The van der Waals surface area contributed by atoms with Crippen LogP contribution in [0.15, 0.2) is 16.4 Å². The van der Waals surface area contributed by atoms with Gasteiger partial charge in [-0.25, -0.2) is 0 Å². The van der Waals surface area contributed by atoms with Crippen molar-refractivity contribution in [2.24, 2.45) is 5.11 Å². The second-order valence-electron chi connectivity index (χ2n) is 4.32. The van der Waals surface area contributed by atoms with Crippen molar-refractivity contribution in [2.45, 2.75) is 13.3 Å². The van der Waals surface area contributed by atoms with Crippen LogP contribution in [0.5, 0.6) is 11.5 Å². The Morgan fingerprint density at radius 1 is 1.23 bits per heavy atom. The molecule has 8 nitrogen and oxygen atoms in total. The number of phenols is 2. The molecular formula is C13H10ClN3O5. The summed E-state index contributed by atoms with van der Waals surface area (Å²) in [4.78, 5) is 27.3. The Hall–Kier alpha value is -2.70. The summed E-state index contributed by atoms with van der Waals surface area (Å²) in [5.41, 5.74) is 7.09. The molecule has 2 N–H and O–H groups in total. The lowest BCUT2D eigenvalue weighted by molar-refractivity contribution is 0.0898. The standard InChI is InChI=1S/C13H10ClN3O5/c1-3-4-9(18)5-6(12(21)13(4)22-2)10(19)7(14)8(11(5)20)16-17-15/h19-20H,3H2,1-2H3. The molecule has 0 heterocycles. The average molecular weight is 324 g/mol. The number of aromatic hydroxyl groups is 2. The van der Waals surface area contributed by atoms with Crippen molar-refractivity contribution in [3.05, 3.63) is 37.9 Å². The summed E-state index contributed by atoms with van der Waals surface area (Å²) in [6.07, 6.45) is 0.173. The molecule has 22 heavy (non-hydrogen) atoms. The molecule has 0 aromatic heterocycles. The number of allylic oxidation sites excluding steroid dienone is 2. The largest absolute Gasteiger partial charge is 0.507 e. The number of benzene rings is 1. The van der Waals surface area contributed by atoms with Crippen LogP contribution in [0.1, 0.15) is 34.1 Å². The summed E-state index contributed by atoms with van der Waals surface area (Å²) in [6.45, 7) is 1.63. The molecule has 0 amide bonds. The molecule has 1 aliphatic rings. The first-order valence-corrected chi connectivity index (χ1v) is 6.47. The lowest BCUT2D eigenvalue weighted by atomic mass is 9.85. The van der Waals surface area contributed by atoms with Crippen LogP contribution in [0.2, 0.25) is 5.02 Å². The monoisotopic (exact) mass is 323 g/mol. The molecule has 0 fully saturated rings. The van der Waals surface area contributed by atoms with Crippen LogP contribution in [0.25, 0.3) is 10.4 Å². The Balaban J connectivity index is 2.94. The maximum atomic E-state index is 12.5. The molecule has 1 aromatic carbocycles. The van der Waals surface area contributed by atoms with E-state index in [0.29, 0.717) is 0 Å². The van der Waals surface area contributed by atoms with Gasteiger partial charge in [0, 0.05) is 10.5 Å². The predicted octanol–water partition coefficient (Wildman–Crippen LogP) is 3.38. The van der Waals surface area contributed by atoms with Gasteiger partial charge in [-0.2, -0.15) is 0 Å². The molecule has 2 rings (SSSR count). The van der Waals surface area contributed by atoms with E-state index in [4.69, 9.17) is 21.9 Å². The molecule has 9 heteroatoms. The number of azide groups is 1. The van der Waals surface area contributed by atoms with Crippen LogP contribution in [0.4, 0.5) is 5.69 Å². The summed E-state index contributed by atoms with van der Waals surface area (Å²) >= 11 is 5.79. The minimum absolute atomic E-state index is 0.0453. The van der Waals surface area contributed by atoms with Crippen LogP contribution in [-0.4, -0.2) is 28.9 Å². The summed E-state index contributed by atoms with van der Waals surface area (Å²) < 4.78 is 4.94. The molecule has 0 saturated carbocycles. The second-order valence-corrected chi connectivity index (χ2v) is 4.70. The first kappa shape index (κ1) is 15.7. The third-order valence-corrected chi connectivity index (χ3v) is 3.63. The van der Waals surface area contributed by atoms with Gasteiger partial charge in [0.1, 0.15) is 17.2 Å². The van der Waals surface area contributed by atoms with Crippen LogP contribution in [-0.2, 0) is 4.74 Å². The fourth-order valence-electron chi connectivity index (χ4n) is 2.30. The highest BCUT2D eigenvalue weighted by Gasteiger charge is 2.39. The van der Waals surface area contributed by atoms with Crippen LogP contribution < -0.4 is 0 Å². The summed E-state index contributed by atoms with van der Waals surface area (Å²) in [5, 5.41) is 22.8. The van der Waals surface area contributed by atoms with Gasteiger partial charge in [0.25, 0.3) is 0 Å². The Kier molecular flexibility index (Phi) is 3.99. The number of fused-ring (bicyclic) bond motifs is 1. The number of phenolic OH excluding ortho intramolecular Hbond substituents is 2. The lowest BCUT2D eigenvalue weighted by Gasteiger charge is -2.22. The molecule has 0 saturated heterocycles. The van der Waals surface area contributed by atoms with E-state index >= 15 is 0 Å². The molecule has 0 aliphatic heterocycles. The smallest absolute Gasteiger partial charge is 0.232 e. The number of hydrogen-bond acceptors (Lipinski definition) is 6. The number of carbonyl (C=O) groups is 2. The molecule has 0 spiro atoms. The van der Waals surface area contributed by atoms with Gasteiger partial charge in [-0.1, -0.05) is 23.6 Å². The number of Topliss-reactive ketones (excluding diaryl/α,β-unsaturated/α-hetero) is 2. The highest BCUT2D eigenvalue weighted by molar-refractivity contribution is 6.38. The van der Waals surface area contributed by atoms with Crippen LogP contribution in [0.3, 0.4) is 0 Å². The van der Waals surface area contributed by atoms with Crippen molar-refractivity contribution in [3.63, 3.8) is 0 Å².